The van der Waals surface area contributed by atoms with Crippen LogP contribution in [0.25, 0.3) is 0 Å². The smallest absolute Gasteiger partial charge is 0.409 e. The summed E-state index contributed by atoms with van der Waals surface area (Å²) in [7, 11) is -2.58. The standard InChI is InChI=1S/C6H15O3P.H2O2Si/c1-5(2)8-10(7)9-6(3)4;1-3-2/h5-7H,1-4H3;1-2H. The molecule has 80 valence electrons. The summed E-state index contributed by atoms with van der Waals surface area (Å²) in [5, 5.41) is 0. The first kappa shape index (κ1) is 15.9. The van der Waals surface area contributed by atoms with Crippen LogP contribution in [0.5, 0.6) is 0 Å². The molecular weight excluding hydrogens is 211 g/mol. The van der Waals surface area contributed by atoms with Gasteiger partial charge in [0.1, 0.15) is 0 Å². The van der Waals surface area contributed by atoms with E-state index in [4.69, 9.17) is 23.5 Å². The molecule has 7 heteroatoms. The van der Waals surface area contributed by atoms with Gasteiger partial charge in [-0.15, -0.1) is 0 Å². The Hall–Kier alpha value is 0.447. The van der Waals surface area contributed by atoms with Gasteiger partial charge in [-0.2, -0.15) is 0 Å². The maximum Gasteiger partial charge on any atom is 0.427 e. The van der Waals surface area contributed by atoms with Gasteiger partial charge >= 0.3 is 18.6 Å². The minimum absolute atomic E-state index is 0.0230. The molecule has 3 N–H and O–H groups in total. The highest BCUT2D eigenvalue weighted by atomic mass is 31.2. The lowest BCUT2D eigenvalue weighted by Gasteiger charge is -2.14. The van der Waals surface area contributed by atoms with Crippen LogP contribution in [0.3, 0.4) is 0 Å². The van der Waals surface area contributed by atoms with E-state index in [1.807, 2.05) is 27.7 Å². The topological polar surface area (TPSA) is 79.2 Å². The molecule has 0 aromatic carbocycles. The van der Waals surface area contributed by atoms with Crippen LogP contribution >= 0.6 is 8.60 Å². The van der Waals surface area contributed by atoms with Gasteiger partial charge in [0, 0.05) is 0 Å². The molecule has 0 atom stereocenters. The zero-order valence-electron chi connectivity index (χ0n) is 8.26. The van der Waals surface area contributed by atoms with Crippen molar-refractivity contribution in [1.82, 2.24) is 0 Å². The fourth-order valence-electron chi connectivity index (χ4n) is 0.386. The van der Waals surface area contributed by atoms with Crippen LogP contribution in [-0.2, 0) is 9.05 Å². The third kappa shape index (κ3) is 19.0. The van der Waals surface area contributed by atoms with Gasteiger partial charge in [0.15, 0.2) is 0 Å². The molecule has 0 aromatic rings. The SMILES string of the molecule is CC(C)OP(O)OC(C)C.O[Si]O. The van der Waals surface area contributed by atoms with Gasteiger partial charge in [0.25, 0.3) is 0 Å². The van der Waals surface area contributed by atoms with Crippen LogP contribution in [-0.4, -0.2) is 36.7 Å². The number of hydrogen-bond donors (Lipinski definition) is 3. The average Bonchev–Trinajstić information content (AvgIpc) is 1.83. The van der Waals surface area contributed by atoms with E-state index < -0.39 is 18.6 Å². The zero-order valence-corrected chi connectivity index (χ0v) is 10.2. The summed E-state index contributed by atoms with van der Waals surface area (Å²) < 4.78 is 9.92. The quantitative estimate of drug-likeness (QED) is 0.484. The molecule has 0 saturated carbocycles. The first-order valence-electron chi connectivity index (χ1n) is 3.79. The second-order valence-corrected chi connectivity index (χ2v) is 3.74. The predicted octanol–water partition coefficient (Wildman–Crippen LogP) is 0.561. The summed E-state index contributed by atoms with van der Waals surface area (Å²) in [6.45, 7) is 7.43. The molecule has 5 nitrogen and oxygen atoms in total. The largest absolute Gasteiger partial charge is 0.427 e. The van der Waals surface area contributed by atoms with Gasteiger partial charge in [0.05, 0.1) is 12.2 Å². The molecule has 0 aromatic heterocycles. The maximum atomic E-state index is 9.01. The van der Waals surface area contributed by atoms with Crippen molar-refractivity contribution in [2.24, 2.45) is 0 Å². The molecular formula is C6H17O5PSi. The van der Waals surface area contributed by atoms with Crippen LogP contribution in [0.1, 0.15) is 27.7 Å². The lowest BCUT2D eigenvalue weighted by Crippen LogP contribution is -2.03. The third-order valence-electron chi connectivity index (χ3n) is 0.602. The molecule has 2 radical (unpaired) electrons. The van der Waals surface area contributed by atoms with Crippen molar-refractivity contribution < 1.29 is 23.5 Å². The molecule has 0 aliphatic carbocycles. The Morgan fingerprint density at radius 1 is 1.00 bits per heavy atom. The molecule has 0 fully saturated rings. The lowest BCUT2D eigenvalue weighted by molar-refractivity contribution is 0.139. The molecule has 0 saturated heterocycles. The van der Waals surface area contributed by atoms with Crippen molar-refractivity contribution in [3.8, 4) is 0 Å². The first-order valence-corrected chi connectivity index (χ1v) is 5.82. The second-order valence-electron chi connectivity index (χ2n) is 2.65. The van der Waals surface area contributed by atoms with Crippen LogP contribution in [0.15, 0.2) is 0 Å². The third-order valence-corrected chi connectivity index (χ3v) is 1.81. The molecule has 0 rings (SSSR count). The van der Waals surface area contributed by atoms with E-state index in [2.05, 4.69) is 0 Å². The van der Waals surface area contributed by atoms with E-state index in [1.54, 1.807) is 0 Å². The number of hydrogen-bond acceptors (Lipinski definition) is 5. The number of rotatable bonds is 4. The van der Waals surface area contributed by atoms with Gasteiger partial charge in [-0.25, -0.2) is 0 Å². The Morgan fingerprint density at radius 3 is 1.38 bits per heavy atom. The van der Waals surface area contributed by atoms with Crippen LogP contribution in [0.4, 0.5) is 0 Å². The van der Waals surface area contributed by atoms with Gasteiger partial charge < -0.3 is 23.5 Å². The monoisotopic (exact) mass is 228 g/mol. The Kier molecular flexibility index (Phi) is 12.9. The summed E-state index contributed by atoms with van der Waals surface area (Å²) >= 11 is 0. The fourth-order valence-corrected chi connectivity index (χ4v) is 1.16. The van der Waals surface area contributed by atoms with Crippen LogP contribution < -0.4 is 0 Å². The lowest BCUT2D eigenvalue weighted by atomic mass is 10.5. The molecule has 0 unspecified atom stereocenters. The highest BCUT2D eigenvalue weighted by Gasteiger charge is 2.10. The maximum absolute atomic E-state index is 9.01. The summed E-state index contributed by atoms with van der Waals surface area (Å²) in [5.41, 5.74) is 0. The predicted molar refractivity (Wildman–Crippen MR) is 51.8 cm³/mol. The summed E-state index contributed by atoms with van der Waals surface area (Å²) in [6, 6.07) is 0. The zero-order chi connectivity index (χ0) is 10.9. The molecule has 0 spiro atoms. The summed E-state index contributed by atoms with van der Waals surface area (Å²) in [6.07, 6.45) is 0.0460. The van der Waals surface area contributed by atoms with E-state index in [0.29, 0.717) is 0 Å². The van der Waals surface area contributed by atoms with Gasteiger partial charge in [-0.3, -0.25) is 0 Å². The van der Waals surface area contributed by atoms with E-state index in [1.165, 1.54) is 0 Å². The average molecular weight is 228 g/mol. The highest BCUT2D eigenvalue weighted by molar-refractivity contribution is 7.40. The summed E-state index contributed by atoms with van der Waals surface area (Å²) in [4.78, 5) is 23.3. The Balaban J connectivity index is 0. The normalized spacial score (nSPS) is 10.6. The summed E-state index contributed by atoms with van der Waals surface area (Å²) in [5.74, 6) is 0. The first-order chi connectivity index (χ1) is 5.93. The van der Waals surface area contributed by atoms with Gasteiger partial charge in [-0.1, -0.05) is 0 Å². The Morgan fingerprint density at radius 2 is 1.23 bits per heavy atom. The van der Waals surface area contributed by atoms with Crippen molar-refractivity contribution in [3.63, 3.8) is 0 Å². The van der Waals surface area contributed by atoms with E-state index in [-0.39, 0.29) is 12.2 Å². The van der Waals surface area contributed by atoms with E-state index >= 15 is 0 Å². The fraction of sp³-hybridized carbons (Fsp3) is 1.00. The van der Waals surface area contributed by atoms with Crippen LogP contribution in [0.2, 0.25) is 0 Å². The van der Waals surface area contributed by atoms with Crippen molar-refractivity contribution >= 4 is 18.6 Å². The van der Waals surface area contributed by atoms with Crippen LogP contribution in [0, 0.1) is 0 Å². The van der Waals surface area contributed by atoms with Crippen molar-refractivity contribution in [1.29, 1.82) is 0 Å². The molecule has 0 amide bonds. The van der Waals surface area contributed by atoms with Crippen molar-refractivity contribution in [2.45, 2.75) is 39.9 Å². The molecule has 0 aliphatic rings. The molecule has 13 heavy (non-hydrogen) atoms. The molecule has 0 aliphatic heterocycles. The Bertz CT molecular complexity index is 93.0. The van der Waals surface area contributed by atoms with E-state index in [9.17, 15) is 0 Å². The van der Waals surface area contributed by atoms with E-state index in [0.717, 1.165) is 0 Å². The van der Waals surface area contributed by atoms with Gasteiger partial charge in [0.2, 0.25) is 0 Å². The second kappa shape index (κ2) is 10.5. The van der Waals surface area contributed by atoms with Crippen molar-refractivity contribution in [3.05, 3.63) is 0 Å². The Labute approximate surface area is 82.8 Å². The molecule has 0 bridgehead atoms. The minimum Gasteiger partial charge on any atom is -0.409 e. The van der Waals surface area contributed by atoms with Crippen molar-refractivity contribution in [2.75, 3.05) is 0 Å². The molecule has 0 heterocycles. The minimum atomic E-state index is -1.66. The highest BCUT2D eigenvalue weighted by Crippen LogP contribution is 2.35. The van der Waals surface area contributed by atoms with Gasteiger partial charge in [-0.05, 0) is 27.7 Å².